The van der Waals surface area contributed by atoms with E-state index in [9.17, 15) is 13.6 Å². The first-order valence-corrected chi connectivity index (χ1v) is 7.37. The molecule has 0 bridgehead atoms. The van der Waals surface area contributed by atoms with Crippen LogP contribution in [0.3, 0.4) is 0 Å². The van der Waals surface area contributed by atoms with Gasteiger partial charge in [0.1, 0.15) is 12.4 Å². The van der Waals surface area contributed by atoms with Crippen molar-refractivity contribution in [1.82, 2.24) is 9.55 Å². The van der Waals surface area contributed by atoms with E-state index in [4.69, 9.17) is 4.74 Å². The lowest BCUT2D eigenvalue weighted by Gasteiger charge is -2.34. The Kier molecular flexibility index (Phi) is 4.02. The number of nitrogens with zero attached hydrogens (tertiary/aromatic N) is 3. The van der Waals surface area contributed by atoms with E-state index in [-0.39, 0.29) is 18.2 Å². The van der Waals surface area contributed by atoms with Crippen molar-refractivity contribution in [3.05, 3.63) is 51.9 Å². The number of anilines is 1. The monoisotopic (exact) mass is 321 g/mol. The van der Waals surface area contributed by atoms with Gasteiger partial charge in [-0.25, -0.2) is 13.6 Å². The molecule has 0 amide bonds. The van der Waals surface area contributed by atoms with Gasteiger partial charge in [-0.3, -0.25) is 4.57 Å². The fourth-order valence-corrected chi connectivity index (χ4v) is 2.57. The van der Waals surface area contributed by atoms with Gasteiger partial charge in [0.25, 0.3) is 0 Å². The number of hydrogen-bond donors (Lipinski definition) is 0. The molecular formula is C16H17F2N3O2. The van der Waals surface area contributed by atoms with Crippen LogP contribution in [0.15, 0.2) is 29.1 Å². The zero-order valence-corrected chi connectivity index (χ0v) is 12.9. The number of hydrogen-bond acceptors (Lipinski definition) is 4. The molecular weight excluding hydrogens is 304 g/mol. The molecule has 1 aliphatic rings. The van der Waals surface area contributed by atoms with Crippen molar-refractivity contribution >= 4 is 5.82 Å². The van der Waals surface area contributed by atoms with Crippen LogP contribution >= 0.6 is 0 Å². The van der Waals surface area contributed by atoms with Crippen molar-refractivity contribution in [3.8, 4) is 5.88 Å². The first-order valence-electron chi connectivity index (χ1n) is 7.37. The largest absolute Gasteiger partial charge is 0.473 e. The highest BCUT2D eigenvalue weighted by Crippen LogP contribution is 2.24. The highest BCUT2D eigenvalue weighted by molar-refractivity contribution is 5.43. The van der Waals surface area contributed by atoms with E-state index in [1.54, 1.807) is 10.6 Å². The predicted molar refractivity (Wildman–Crippen MR) is 81.7 cm³/mol. The van der Waals surface area contributed by atoms with Gasteiger partial charge in [0.05, 0.1) is 0 Å². The lowest BCUT2D eigenvalue weighted by atomic mass is 10.1. The van der Waals surface area contributed by atoms with Crippen molar-refractivity contribution in [1.29, 1.82) is 0 Å². The molecule has 1 aromatic heterocycles. The van der Waals surface area contributed by atoms with Crippen LogP contribution < -0.4 is 15.3 Å². The summed E-state index contributed by atoms with van der Waals surface area (Å²) in [6.45, 7) is 2.71. The minimum atomic E-state index is -0.932. The number of aromatic nitrogens is 2. The SMILES string of the molecule is CC1CCn2c(cc(OCc3ccc(F)c(F)c3)nc2=O)N1C. The van der Waals surface area contributed by atoms with Crippen LogP contribution in [0.5, 0.6) is 5.88 Å². The number of ether oxygens (including phenoxy) is 1. The lowest BCUT2D eigenvalue weighted by molar-refractivity contribution is 0.289. The van der Waals surface area contributed by atoms with Crippen molar-refractivity contribution in [2.75, 3.05) is 11.9 Å². The topological polar surface area (TPSA) is 47.4 Å². The summed E-state index contributed by atoms with van der Waals surface area (Å²) in [6, 6.07) is 5.54. The molecule has 0 saturated carbocycles. The van der Waals surface area contributed by atoms with Gasteiger partial charge in [-0.15, -0.1) is 0 Å². The average Bonchev–Trinajstić information content (AvgIpc) is 2.52. The summed E-state index contributed by atoms with van der Waals surface area (Å²) < 4.78 is 33.2. The van der Waals surface area contributed by atoms with E-state index in [0.29, 0.717) is 18.2 Å². The Balaban J connectivity index is 1.82. The number of rotatable bonds is 3. The lowest BCUT2D eigenvalue weighted by Crippen LogP contribution is -2.41. The molecule has 23 heavy (non-hydrogen) atoms. The van der Waals surface area contributed by atoms with Crippen molar-refractivity contribution in [2.24, 2.45) is 0 Å². The molecule has 0 fully saturated rings. The van der Waals surface area contributed by atoms with Gasteiger partial charge in [-0.1, -0.05) is 6.07 Å². The second-order valence-corrected chi connectivity index (χ2v) is 5.67. The van der Waals surface area contributed by atoms with Crippen molar-refractivity contribution in [3.63, 3.8) is 0 Å². The van der Waals surface area contributed by atoms with Gasteiger partial charge in [0.15, 0.2) is 11.6 Å². The van der Waals surface area contributed by atoms with Crippen LogP contribution in [0.2, 0.25) is 0 Å². The van der Waals surface area contributed by atoms with Gasteiger partial charge >= 0.3 is 5.69 Å². The number of fused-ring (bicyclic) bond motifs is 1. The van der Waals surface area contributed by atoms with E-state index < -0.39 is 11.6 Å². The molecule has 0 radical (unpaired) electrons. The molecule has 122 valence electrons. The fraction of sp³-hybridized carbons (Fsp3) is 0.375. The van der Waals surface area contributed by atoms with Crippen LogP contribution in [0.1, 0.15) is 18.9 Å². The quantitative estimate of drug-likeness (QED) is 0.870. The van der Waals surface area contributed by atoms with Crippen LogP contribution in [-0.2, 0) is 13.2 Å². The van der Waals surface area contributed by atoms with Gasteiger partial charge in [0.2, 0.25) is 5.88 Å². The van der Waals surface area contributed by atoms with Crippen LogP contribution in [0.25, 0.3) is 0 Å². The van der Waals surface area contributed by atoms with E-state index in [2.05, 4.69) is 11.9 Å². The summed E-state index contributed by atoms with van der Waals surface area (Å²) >= 11 is 0. The van der Waals surface area contributed by atoms with Gasteiger partial charge in [-0.05, 0) is 31.0 Å². The Hall–Kier alpha value is -2.44. The van der Waals surface area contributed by atoms with Crippen LogP contribution in [0.4, 0.5) is 14.6 Å². The van der Waals surface area contributed by atoms with Crippen molar-refractivity contribution < 1.29 is 13.5 Å². The molecule has 0 N–H and O–H groups in total. The molecule has 1 atom stereocenters. The molecule has 0 saturated heterocycles. The predicted octanol–water partition coefficient (Wildman–Crippen LogP) is 2.33. The third-order valence-corrected chi connectivity index (χ3v) is 4.13. The second kappa shape index (κ2) is 5.98. The highest BCUT2D eigenvalue weighted by Gasteiger charge is 2.22. The molecule has 3 rings (SSSR count). The normalized spacial score (nSPS) is 17.0. The Morgan fingerprint density at radius 1 is 1.30 bits per heavy atom. The minimum absolute atomic E-state index is 0.00631. The molecule has 1 aromatic carbocycles. The summed E-state index contributed by atoms with van der Waals surface area (Å²) in [6.07, 6.45) is 0.875. The van der Waals surface area contributed by atoms with Crippen LogP contribution in [0, 0.1) is 11.6 Å². The summed E-state index contributed by atoms with van der Waals surface area (Å²) in [5, 5.41) is 0. The number of benzene rings is 1. The Morgan fingerprint density at radius 3 is 2.83 bits per heavy atom. The summed E-state index contributed by atoms with van der Waals surface area (Å²) in [5.74, 6) is -0.927. The van der Waals surface area contributed by atoms with E-state index >= 15 is 0 Å². The highest BCUT2D eigenvalue weighted by atomic mass is 19.2. The molecule has 1 aliphatic heterocycles. The maximum atomic E-state index is 13.2. The Bertz CT molecular complexity index is 791. The maximum Gasteiger partial charge on any atom is 0.352 e. The first kappa shape index (κ1) is 15.5. The van der Waals surface area contributed by atoms with E-state index in [0.717, 1.165) is 24.4 Å². The first-order chi connectivity index (χ1) is 11.0. The maximum absolute atomic E-state index is 13.2. The van der Waals surface area contributed by atoms with Gasteiger partial charge < -0.3 is 9.64 Å². The fourth-order valence-electron chi connectivity index (χ4n) is 2.57. The van der Waals surface area contributed by atoms with Gasteiger partial charge in [0, 0.05) is 25.7 Å². The molecule has 1 unspecified atom stereocenters. The molecule has 2 aromatic rings. The molecule has 5 nitrogen and oxygen atoms in total. The number of halogens is 2. The summed E-state index contributed by atoms with van der Waals surface area (Å²) in [7, 11) is 1.91. The van der Waals surface area contributed by atoms with E-state index in [1.165, 1.54) is 6.07 Å². The Labute approximate surface area is 132 Å². The summed E-state index contributed by atoms with van der Waals surface area (Å²) in [4.78, 5) is 18.0. The van der Waals surface area contributed by atoms with Crippen molar-refractivity contribution in [2.45, 2.75) is 32.5 Å². The average molecular weight is 321 g/mol. The molecule has 0 aliphatic carbocycles. The van der Waals surface area contributed by atoms with E-state index in [1.807, 2.05) is 11.9 Å². The van der Waals surface area contributed by atoms with Gasteiger partial charge in [-0.2, -0.15) is 4.98 Å². The zero-order chi connectivity index (χ0) is 16.6. The smallest absolute Gasteiger partial charge is 0.352 e. The minimum Gasteiger partial charge on any atom is -0.473 e. The third-order valence-electron chi connectivity index (χ3n) is 4.13. The second-order valence-electron chi connectivity index (χ2n) is 5.67. The molecule has 2 heterocycles. The summed E-state index contributed by atoms with van der Waals surface area (Å²) in [5.41, 5.74) is 0.0896. The Morgan fingerprint density at radius 2 is 2.09 bits per heavy atom. The standard InChI is InChI=1S/C16H17F2N3O2/c1-10-5-6-21-15(20(10)2)8-14(19-16(21)22)23-9-11-3-4-12(17)13(18)7-11/h3-4,7-8,10H,5-6,9H2,1-2H3. The van der Waals surface area contributed by atoms with Crippen LogP contribution in [-0.4, -0.2) is 22.6 Å². The zero-order valence-electron chi connectivity index (χ0n) is 12.9. The molecule has 7 heteroatoms. The molecule has 0 spiro atoms. The third kappa shape index (κ3) is 3.04.